The normalized spacial score (nSPS) is 10.4. The maximum absolute atomic E-state index is 10.7. The lowest BCUT2D eigenvalue weighted by Gasteiger charge is -2.04. The van der Waals surface area contributed by atoms with E-state index in [0.717, 1.165) is 5.56 Å². The molecule has 0 aliphatic heterocycles. The van der Waals surface area contributed by atoms with E-state index in [0.29, 0.717) is 11.4 Å². The third kappa shape index (κ3) is 2.73. The maximum Gasteiger partial charge on any atom is 0.309 e. The minimum absolute atomic E-state index is 0.0594. The zero-order valence-electron chi connectivity index (χ0n) is 9.98. The van der Waals surface area contributed by atoms with Gasteiger partial charge in [-0.25, -0.2) is 4.68 Å². The van der Waals surface area contributed by atoms with Crippen LogP contribution in [0.1, 0.15) is 11.3 Å². The Hall–Kier alpha value is -2.77. The second-order valence-electron chi connectivity index (χ2n) is 3.95. The number of aryl methyl sites for hydroxylation is 1. The standard InChI is InChI=1S/C11H10N4O4/c1-7-2-3-9(15(18)19)5-10(7)14-6-8(12-13-14)4-11(16)17/h2-3,5-6H,4H2,1H3,(H,16,17). The smallest absolute Gasteiger partial charge is 0.309 e. The SMILES string of the molecule is Cc1ccc([N+](=O)[O-])cc1-n1cc(CC(=O)O)nn1. The third-order valence-corrected chi connectivity index (χ3v) is 2.52. The lowest BCUT2D eigenvalue weighted by Crippen LogP contribution is -2.00. The van der Waals surface area contributed by atoms with Crippen LogP contribution in [-0.4, -0.2) is 31.0 Å². The van der Waals surface area contributed by atoms with Crippen molar-refractivity contribution in [2.45, 2.75) is 13.3 Å². The van der Waals surface area contributed by atoms with Gasteiger partial charge in [-0.3, -0.25) is 14.9 Å². The molecule has 0 unspecified atom stereocenters. The van der Waals surface area contributed by atoms with Crippen molar-refractivity contribution in [1.29, 1.82) is 0 Å². The van der Waals surface area contributed by atoms with Crippen molar-refractivity contribution in [3.63, 3.8) is 0 Å². The molecular weight excluding hydrogens is 252 g/mol. The Bertz CT molecular complexity index is 650. The zero-order valence-corrected chi connectivity index (χ0v) is 9.98. The number of carboxylic acid groups (broad SMARTS) is 1. The molecule has 1 N–H and O–H groups in total. The summed E-state index contributed by atoms with van der Waals surface area (Å²) in [5.74, 6) is -1.01. The predicted molar refractivity (Wildman–Crippen MR) is 64.1 cm³/mol. The molecule has 0 atom stereocenters. The van der Waals surface area contributed by atoms with Gasteiger partial charge in [-0.1, -0.05) is 11.3 Å². The molecule has 1 heterocycles. The average Bonchev–Trinajstić information content (AvgIpc) is 2.76. The van der Waals surface area contributed by atoms with Crippen molar-refractivity contribution in [2.75, 3.05) is 0 Å². The van der Waals surface area contributed by atoms with Gasteiger partial charge >= 0.3 is 5.97 Å². The summed E-state index contributed by atoms with van der Waals surface area (Å²) >= 11 is 0. The van der Waals surface area contributed by atoms with Crippen LogP contribution >= 0.6 is 0 Å². The Balaban J connectivity index is 2.40. The van der Waals surface area contributed by atoms with Gasteiger partial charge in [0.25, 0.3) is 5.69 Å². The first-order valence-electron chi connectivity index (χ1n) is 5.36. The monoisotopic (exact) mass is 262 g/mol. The van der Waals surface area contributed by atoms with Gasteiger partial charge in [0.2, 0.25) is 0 Å². The van der Waals surface area contributed by atoms with Crippen LogP contribution in [0, 0.1) is 17.0 Å². The van der Waals surface area contributed by atoms with Gasteiger partial charge in [-0.15, -0.1) is 5.10 Å². The summed E-state index contributed by atoms with van der Waals surface area (Å²) in [6.07, 6.45) is 1.20. The van der Waals surface area contributed by atoms with Crippen LogP contribution in [0.15, 0.2) is 24.4 Å². The molecule has 1 aromatic carbocycles. The van der Waals surface area contributed by atoms with E-state index in [1.54, 1.807) is 13.0 Å². The first-order chi connectivity index (χ1) is 8.97. The highest BCUT2D eigenvalue weighted by Crippen LogP contribution is 2.20. The Morgan fingerprint density at radius 3 is 2.89 bits per heavy atom. The summed E-state index contributed by atoms with van der Waals surface area (Å²) in [4.78, 5) is 20.8. The largest absolute Gasteiger partial charge is 0.481 e. The maximum atomic E-state index is 10.7. The Morgan fingerprint density at radius 1 is 1.53 bits per heavy atom. The number of nitro benzene ring substituents is 1. The van der Waals surface area contributed by atoms with Gasteiger partial charge in [0.15, 0.2) is 0 Å². The van der Waals surface area contributed by atoms with E-state index < -0.39 is 10.9 Å². The molecule has 0 spiro atoms. The molecule has 0 fully saturated rings. The molecule has 0 aliphatic carbocycles. The number of carbonyl (C=O) groups is 1. The van der Waals surface area contributed by atoms with E-state index in [-0.39, 0.29) is 12.1 Å². The van der Waals surface area contributed by atoms with E-state index in [4.69, 9.17) is 5.11 Å². The fourth-order valence-electron chi connectivity index (χ4n) is 1.61. The lowest BCUT2D eigenvalue weighted by molar-refractivity contribution is -0.384. The first kappa shape index (κ1) is 12.7. The molecule has 2 rings (SSSR count). The highest BCUT2D eigenvalue weighted by Gasteiger charge is 2.12. The molecule has 1 aromatic heterocycles. The molecule has 0 radical (unpaired) electrons. The summed E-state index contributed by atoms with van der Waals surface area (Å²) in [6.45, 7) is 1.78. The van der Waals surface area contributed by atoms with Crippen LogP contribution < -0.4 is 0 Å². The number of rotatable bonds is 4. The molecule has 0 saturated carbocycles. The van der Waals surface area contributed by atoms with Crippen LogP contribution in [0.5, 0.6) is 0 Å². The highest BCUT2D eigenvalue weighted by atomic mass is 16.6. The second-order valence-corrected chi connectivity index (χ2v) is 3.95. The van der Waals surface area contributed by atoms with Crippen molar-refractivity contribution < 1.29 is 14.8 Å². The van der Waals surface area contributed by atoms with Gasteiger partial charge in [-0.2, -0.15) is 0 Å². The van der Waals surface area contributed by atoms with Crippen LogP contribution in [0.4, 0.5) is 5.69 Å². The number of carboxylic acids is 1. The van der Waals surface area contributed by atoms with Crippen LogP contribution in [0.25, 0.3) is 5.69 Å². The number of benzene rings is 1. The fourth-order valence-corrected chi connectivity index (χ4v) is 1.61. The summed E-state index contributed by atoms with van der Waals surface area (Å²) < 4.78 is 1.33. The number of aliphatic carboxylic acids is 1. The van der Waals surface area contributed by atoms with Gasteiger partial charge < -0.3 is 5.11 Å². The lowest BCUT2D eigenvalue weighted by atomic mass is 10.2. The number of hydrogen-bond acceptors (Lipinski definition) is 5. The second kappa shape index (κ2) is 4.84. The molecule has 98 valence electrons. The number of nitrogens with zero attached hydrogens (tertiary/aromatic N) is 4. The molecule has 0 saturated heterocycles. The quantitative estimate of drug-likeness (QED) is 0.652. The minimum atomic E-state index is -1.01. The molecule has 2 aromatic rings. The van der Waals surface area contributed by atoms with Gasteiger partial charge in [0.05, 0.1) is 28.9 Å². The molecule has 0 aliphatic rings. The van der Waals surface area contributed by atoms with E-state index in [1.807, 2.05) is 0 Å². The molecule has 8 heteroatoms. The Kier molecular flexibility index (Phi) is 3.23. The van der Waals surface area contributed by atoms with E-state index in [9.17, 15) is 14.9 Å². The summed E-state index contributed by atoms with van der Waals surface area (Å²) in [6, 6.07) is 4.37. The van der Waals surface area contributed by atoms with E-state index in [1.165, 1.54) is 23.0 Å². The number of non-ortho nitro benzene ring substituents is 1. The summed E-state index contributed by atoms with van der Waals surface area (Å²) in [7, 11) is 0. The van der Waals surface area contributed by atoms with Gasteiger partial charge in [0.1, 0.15) is 0 Å². The molecule has 0 amide bonds. The minimum Gasteiger partial charge on any atom is -0.481 e. The fraction of sp³-hybridized carbons (Fsp3) is 0.182. The van der Waals surface area contributed by atoms with Gasteiger partial charge in [-0.05, 0) is 12.5 Å². The van der Waals surface area contributed by atoms with Crippen LogP contribution in [0.2, 0.25) is 0 Å². The van der Waals surface area contributed by atoms with Crippen LogP contribution in [-0.2, 0) is 11.2 Å². The first-order valence-corrected chi connectivity index (χ1v) is 5.36. The molecule has 8 nitrogen and oxygen atoms in total. The molecule has 0 bridgehead atoms. The highest BCUT2D eigenvalue weighted by molar-refractivity contribution is 5.69. The molecular formula is C11H10N4O4. The van der Waals surface area contributed by atoms with Crippen molar-refractivity contribution in [3.8, 4) is 5.69 Å². The predicted octanol–water partition coefficient (Wildman–Crippen LogP) is 1.11. The van der Waals surface area contributed by atoms with Crippen molar-refractivity contribution in [2.24, 2.45) is 0 Å². The number of nitro groups is 1. The average molecular weight is 262 g/mol. The van der Waals surface area contributed by atoms with E-state index >= 15 is 0 Å². The van der Waals surface area contributed by atoms with Crippen molar-refractivity contribution in [3.05, 3.63) is 45.8 Å². The summed E-state index contributed by atoms with van der Waals surface area (Å²) in [5, 5.41) is 26.9. The van der Waals surface area contributed by atoms with Crippen molar-refractivity contribution >= 4 is 11.7 Å². The summed E-state index contributed by atoms with van der Waals surface area (Å²) in [5.41, 5.74) is 1.50. The zero-order chi connectivity index (χ0) is 14.0. The van der Waals surface area contributed by atoms with Crippen LogP contribution in [0.3, 0.4) is 0 Å². The number of hydrogen-bond donors (Lipinski definition) is 1. The Morgan fingerprint density at radius 2 is 2.26 bits per heavy atom. The third-order valence-electron chi connectivity index (χ3n) is 2.52. The topological polar surface area (TPSA) is 111 Å². The van der Waals surface area contributed by atoms with Crippen molar-refractivity contribution in [1.82, 2.24) is 15.0 Å². The number of aromatic nitrogens is 3. The van der Waals surface area contributed by atoms with E-state index in [2.05, 4.69) is 10.3 Å². The molecule has 19 heavy (non-hydrogen) atoms. The van der Waals surface area contributed by atoms with Gasteiger partial charge in [0, 0.05) is 12.1 Å². The Labute approximate surface area is 107 Å².